The number of halogens is 1. The van der Waals surface area contributed by atoms with Crippen molar-refractivity contribution in [3.8, 4) is 0 Å². The molecule has 6 nitrogen and oxygen atoms in total. The quantitative estimate of drug-likeness (QED) is 0.204. The Morgan fingerprint density at radius 1 is 0.939 bits per heavy atom. The Morgan fingerprint density at radius 3 is 2.76 bits per heavy atom. The average molecular weight is 465 g/mol. The highest BCUT2D eigenvalue weighted by Gasteiger charge is 2.07. The first-order chi connectivity index (χ1) is 16.3. The van der Waals surface area contributed by atoms with Crippen molar-refractivity contribution < 1.29 is 9.84 Å². The number of nitrogens with one attached hydrogen (secondary N) is 2. The molecule has 7 heteroatoms. The number of hydrogen-bond acceptors (Lipinski definition) is 6. The SMILES string of the molecule is OCc1ccc(Cl)c(CNCCCCOCCNc2nc3ccccc3c3cnccc23)c1. The third-order valence-electron chi connectivity index (χ3n) is 5.54. The van der Waals surface area contributed by atoms with Gasteiger partial charge in [-0.3, -0.25) is 4.98 Å². The first-order valence-electron chi connectivity index (χ1n) is 11.3. The van der Waals surface area contributed by atoms with Crippen LogP contribution < -0.4 is 10.6 Å². The molecule has 0 spiro atoms. The molecule has 2 aromatic heterocycles. The molecule has 0 saturated carbocycles. The summed E-state index contributed by atoms with van der Waals surface area (Å²) in [4.78, 5) is 9.07. The lowest BCUT2D eigenvalue weighted by molar-refractivity contribution is 0.140. The van der Waals surface area contributed by atoms with Crippen LogP contribution in [0.3, 0.4) is 0 Å². The van der Waals surface area contributed by atoms with Gasteiger partial charge in [0, 0.05) is 53.3 Å². The molecule has 0 atom stereocenters. The predicted molar refractivity (Wildman–Crippen MR) is 135 cm³/mol. The van der Waals surface area contributed by atoms with Gasteiger partial charge in [-0.2, -0.15) is 0 Å². The van der Waals surface area contributed by atoms with E-state index in [9.17, 15) is 5.11 Å². The molecule has 0 unspecified atom stereocenters. The molecule has 0 bridgehead atoms. The van der Waals surface area contributed by atoms with Gasteiger partial charge in [0.25, 0.3) is 0 Å². The van der Waals surface area contributed by atoms with Crippen LogP contribution in [-0.2, 0) is 17.9 Å². The topological polar surface area (TPSA) is 79.3 Å². The summed E-state index contributed by atoms with van der Waals surface area (Å²) in [7, 11) is 0. The fraction of sp³-hybridized carbons (Fsp3) is 0.308. The number of anilines is 1. The molecular weight excluding hydrogens is 436 g/mol. The van der Waals surface area contributed by atoms with Gasteiger partial charge < -0.3 is 20.5 Å². The number of nitrogens with zero attached hydrogens (tertiary/aromatic N) is 2. The maximum absolute atomic E-state index is 9.25. The lowest BCUT2D eigenvalue weighted by Gasteiger charge is -2.12. The molecule has 0 radical (unpaired) electrons. The molecule has 4 aromatic rings. The molecule has 0 aliphatic carbocycles. The molecule has 0 saturated heterocycles. The second-order valence-electron chi connectivity index (χ2n) is 7.91. The van der Waals surface area contributed by atoms with Gasteiger partial charge in [-0.1, -0.05) is 41.9 Å². The van der Waals surface area contributed by atoms with Gasteiger partial charge in [0.1, 0.15) is 5.82 Å². The number of unbranched alkanes of at least 4 members (excludes halogenated alkanes) is 1. The van der Waals surface area contributed by atoms with E-state index in [0.717, 1.165) is 69.6 Å². The smallest absolute Gasteiger partial charge is 0.134 e. The van der Waals surface area contributed by atoms with E-state index < -0.39 is 0 Å². The zero-order chi connectivity index (χ0) is 22.9. The molecule has 172 valence electrons. The second kappa shape index (κ2) is 11.9. The molecule has 3 N–H and O–H groups in total. The molecule has 33 heavy (non-hydrogen) atoms. The maximum atomic E-state index is 9.25. The van der Waals surface area contributed by atoms with Crippen LogP contribution in [0.1, 0.15) is 24.0 Å². The number of benzene rings is 2. The fourth-order valence-electron chi connectivity index (χ4n) is 3.81. The largest absolute Gasteiger partial charge is 0.392 e. The van der Waals surface area contributed by atoms with Crippen molar-refractivity contribution in [1.82, 2.24) is 15.3 Å². The molecule has 0 aliphatic rings. The van der Waals surface area contributed by atoms with Crippen LogP contribution in [0.5, 0.6) is 0 Å². The number of pyridine rings is 2. The van der Waals surface area contributed by atoms with Crippen LogP contribution in [-0.4, -0.2) is 41.4 Å². The van der Waals surface area contributed by atoms with E-state index in [1.165, 1.54) is 0 Å². The Bertz CT molecular complexity index is 1200. The summed E-state index contributed by atoms with van der Waals surface area (Å²) in [5, 5.41) is 20.1. The lowest BCUT2D eigenvalue weighted by atomic mass is 10.1. The second-order valence-corrected chi connectivity index (χ2v) is 8.31. The minimum Gasteiger partial charge on any atom is -0.392 e. The van der Waals surface area contributed by atoms with Crippen molar-refractivity contribution in [2.45, 2.75) is 26.0 Å². The summed E-state index contributed by atoms with van der Waals surface area (Å²) < 4.78 is 5.79. The normalized spacial score (nSPS) is 11.3. The molecule has 2 aromatic carbocycles. The first kappa shape index (κ1) is 23.4. The number of rotatable bonds is 12. The predicted octanol–water partition coefficient (Wildman–Crippen LogP) is 4.93. The van der Waals surface area contributed by atoms with Crippen LogP contribution in [0.15, 0.2) is 60.9 Å². The van der Waals surface area contributed by atoms with E-state index in [-0.39, 0.29) is 6.61 Å². The molecule has 2 heterocycles. The van der Waals surface area contributed by atoms with Gasteiger partial charge in [0.05, 0.1) is 18.7 Å². The van der Waals surface area contributed by atoms with Crippen LogP contribution in [0.4, 0.5) is 5.82 Å². The minimum atomic E-state index is 0.0285. The minimum absolute atomic E-state index is 0.0285. The Balaban J connectivity index is 1.15. The van der Waals surface area contributed by atoms with Crippen LogP contribution >= 0.6 is 11.6 Å². The summed E-state index contributed by atoms with van der Waals surface area (Å²) in [5.41, 5.74) is 2.84. The Kier molecular flexibility index (Phi) is 8.44. The summed E-state index contributed by atoms with van der Waals surface area (Å²) in [6.45, 7) is 3.65. The van der Waals surface area contributed by atoms with Gasteiger partial charge >= 0.3 is 0 Å². The monoisotopic (exact) mass is 464 g/mol. The van der Waals surface area contributed by atoms with E-state index in [0.29, 0.717) is 19.7 Å². The number of aromatic nitrogens is 2. The van der Waals surface area contributed by atoms with Gasteiger partial charge in [0.2, 0.25) is 0 Å². The first-order valence-corrected chi connectivity index (χ1v) is 11.7. The Morgan fingerprint density at radius 2 is 1.85 bits per heavy atom. The zero-order valence-electron chi connectivity index (χ0n) is 18.6. The van der Waals surface area contributed by atoms with Gasteiger partial charge in [-0.25, -0.2) is 4.98 Å². The highest BCUT2D eigenvalue weighted by Crippen LogP contribution is 2.28. The Hall–Kier alpha value is -2.77. The number of aliphatic hydroxyl groups excluding tert-OH is 1. The van der Waals surface area contributed by atoms with Gasteiger partial charge in [-0.05, 0) is 48.7 Å². The summed E-state index contributed by atoms with van der Waals surface area (Å²) in [5.74, 6) is 0.864. The van der Waals surface area contributed by atoms with Gasteiger partial charge in [0.15, 0.2) is 0 Å². The van der Waals surface area contributed by atoms with E-state index >= 15 is 0 Å². The Labute approximate surface area is 199 Å². The average Bonchev–Trinajstić information content (AvgIpc) is 2.86. The van der Waals surface area contributed by atoms with Crippen molar-refractivity contribution >= 4 is 39.1 Å². The number of aliphatic hydroxyl groups is 1. The van der Waals surface area contributed by atoms with Crippen molar-refractivity contribution in [1.29, 1.82) is 0 Å². The third kappa shape index (κ3) is 6.18. The summed E-state index contributed by atoms with van der Waals surface area (Å²) in [6.07, 6.45) is 5.70. The summed E-state index contributed by atoms with van der Waals surface area (Å²) >= 11 is 6.21. The van der Waals surface area contributed by atoms with E-state index in [1.54, 1.807) is 6.20 Å². The van der Waals surface area contributed by atoms with Crippen molar-refractivity contribution in [3.05, 3.63) is 77.1 Å². The fourth-order valence-corrected chi connectivity index (χ4v) is 4.00. The number of para-hydroxylation sites is 1. The number of hydrogen-bond donors (Lipinski definition) is 3. The highest BCUT2D eigenvalue weighted by atomic mass is 35.5. The molecule has 0 amide bonds. The van der Waals surface area contributed by atoms with E-state index in [2.05, 4.69) is 21.7 Å². The molecule has 4 rings (SSSR count). The maximum Gasteiger partial charge on any atom is 0.134 e. The van der Waals surface area contributed by atoms with Crippen LogP contribution in [0.2, 0.25) is 5.02 Å². The van der Waals surface area contributed by atoms with E-state index in [4.69, 9.17) is 21.3 Å². The zero-order valence-corrected chi connectivity index (χ0v) is 19.3. The molecular formula is C26H29ClN4O2. The van der Waals surface area contributed by atoms with Crippen molar-refractivity contribution in [2.75, 3.05) is 31.6 Å². The van der Waals surface area contributed by atoms with Crippen molar-refractivity contribution in [3.63, 3.8) is 0 Å². The molecule has 0 fully saturated rings. The van der Waals surface area contributed by atoms with E-state index in [1.807, 2.05) is 48.7 Å². The van der Waals surface area contributed by atoms with Crippen molar-refractivity contribution in [2.24, 2.45) is 0 Å². The van der Waals surface area contributed by atoms with Crippen LogP contribution in [0, 0.1) is 0 Å². The number of fused-ring (bicyclic) bond motifs is 3. The third-order valence-corrected chi connectivity index (χ3v) is 5.91. The van der Waals surface area contributed by atoms with Crippen LogP contribution in [0.25, 0.3) is 21.7 Å². The standard InChI is InChI=1S/C26H29ClN4O2/c27-24-8-7-19(18-32)15-20(24)16-28-10-3-4-13-33-14-12-30-26-22-9-11-29-17-23(22)21-5-1-2-6-25(21)31-26/h1-2,5-9,11,15,17,28,32H,3-4,10,12-14,16,18H2,(H,30,31). The lowest BCUT2D eigenvalue weighted by Crippen LogP contribution is -2.16. The number of ether oxygens (including phenoxy) is 1. The summed E-state index contributed by atoms with van der Waals surface area (Å²) in [6, 6.07) is 15.7. The highest BCUT2D eigenvalue weighted by molar-refractivity contribution is 6.31. The van der Waals surface area contributed by atoms with Gasteiger partial charge in [-0.15, -0.1) is 0 Å². The molecule has 0 aliphatic heterocycles.